The second kappa shape index (κ2) is 4.20. The van der Waals surface area contributed by atoms with E-state index in [-0.39, 0.29) is 0 Å². The second-order valence-electron chi connectivity index (χ2n) is 3.02. The van der Waals surface area contributed by atoms with Gasteiger partial charge in [-0.05, 0) is 42.7 Å². The normalized spacial score (nSPS) is 10.3. The molecule has 0 fully saturated rings. The van der Waals surface area contributed by atoms with Crippen LogP contribution in [0.4, 0.5) is 0 Å². The summed E-state index contributed by atoms with van der Waals surface area (Å²) in [6.07, 6.45) is 1.02. The molecule has 12 heavy (non-hydrogen) atoms. The quantitative estimate of drug-likeness (QED) is 0.695. The fraction of sp³-hybridized carbons (Fsp3) is 0.400. The molecule has 2 heteroatoms. The summed E-state index contributed by atoms with van der Waals surface area (Å²) in [5.74, 6) is 0.889. The fourth-order valence-corrected chi connectivity index (χ4v) is 1.68. The van der Waals surface area contributed by atoms with Gasteiger partial charge in [-0.15, -0.1) is 0 Å². The minimum atomic E-state index is 0.887. The molecular formula is C10H13ClS. The molecule has 0 aromatic heterocycles. The highest BCUT2D eigenvalue weighted by atomic mass is 35.5. The topological polar surface area (TPSA) is 0 Å². The van der Waals surface area contributed by atoms with E-state index in [0.29, 0.717) is 0 Å². The van der Waals surface area contributed by atoms with Crippen molar-refractivity contribution in [2.45, 2.75) is 20.3 Å². The van der Waals surface area contributed by atoms with Gasteiger partial charge < -0.3 is 0 Å². The molecule has 0 atom stereocenters. The van der Waals surface area contributed by atoms with Crippen molar-refractivity contribution in [3.05, 3.63) is 33.8 Å². The molecular weight excluding hydrogens is 188 g/mol. The molecule has 66 valence electrons. The molecule has 0 saturated heterocycles. The van der Waals surface area contributed by atoms with Gasteiger partial charge in [0, 0.05) is 5.02 Å². The van der Waals surface area contributed by atoms with Crippen molar-refractivity contribution in [1.82, 2.24) is 0 Å². The zero-order chi connectivity index (χ0) is 9.14. The van der Waals surface area contributed by atoms with Crippen LogP contribution in [-0.4, -0.2) is 5.75 Å². The van der Waals surface area contributed by atoms with Crippen molar-refractivity contribution < 1.29 is 0 Å². The SMILES string of the molecule is Cc1cc(CCS)cc(C)c1Cl. The highest BCUT2D eigenvalue weighted by Gasteiger charge is 2.01. The largest absolute Gasteiger partial charge is 0.179 e. The molecule has 0 aliphatic rings. The summed E-state index contributed by atoms with van der Waals surface area (Å²) < 4.78 is 0. The monoisotopic (exact) mass is 200 g/mol. The Bertz CT molecular complexity index is 258. The van der Waals surface area contributed by atoms with Crippen molar-refractivity contribution in [2.24, 2.45) is 0 Å². The van der Waals surface area contributed by atoms with E-state index in [1.807, 2.05) is 13.8 Å². The van der Waals surface area contributed by atoms with Crippen LogP contribution in [0, 0.1) is 13.8 Å². The number of halogens is 1. The lowest BCUT2D eigenvalue weighted by Crippen LogP contribution is -1.90. The second-order valence-corrected chi connectivity index (χ2v) is 3.84. The van der Waals surface area contributed by atoms with Gasteiger partial charge in [-0.25, -0.2) is 0 Å². The number of rotatable bonds is 2. The van der Waals surface area contributed by atoms with Gasteiger partial charge in [0.15, 0.2) is 0 Å². The molecule has 0 unspecified atom stereocenters. The van der Waals surface area contributed by atoms with Crippen LogP contribution in [-0.2, 0) is 6.42 Å². The summed E-state index contributed by atoms with van der Waals surface area (Å²) in [5.41, 5.74) is 3.64. The molecule has 0 aliphatic carbocycles. The Labute approximate surface area is 84.3 Å². The molecule has 0 spiro atoms. The number of hydrogen-bond acceptors (Lipinski definition) is 1. The summed E-state index contributed by atoms with van der Waals surface area (Å²) in [5, 5.41) is 0.887. The average molecular weight is 201 g/mol. The van der Waals surface area contributed by atoms with Gasteiger partial charge in [-0.2, -0.15) is 12.6 Å². The van der Waals surface area contributed by atoms with E-state index in [4.69, 9.17) is 11.6 Å². The van der Waals surface area contributed by atoms with Gasteiger partial charge in [-0.1, -0.05) is 23.7 Å². The van der Waals surface area contributed by atoms with Crippen LogP contribution < -0.4 is 0 Å². The maximum absolute atomic E-state index is 6.03. The van der Waals surface area contributed by atoms with E-state index in [2.05, 4.69) is 24.8 Å². The van der Waals surface area contributed by atoms with Crippen molar-refractivity contribution in [2.75, 3.05) is 5.75 Å². The molecule has 0 nitrogen and oxygen atoms in total. The zero-order valence-corrected chi connectivity index (χ0v) is 9.04. The highest BCUT2D eigenvalue weighted by Crippen LogP contribution is 2.21. The lowest BCUT2D eigenvalue weighted by Gasteiger charge is -2.05. The van der Waals surface area contributed by atoms with Crippen molar-refractivity contribution in [3.63, 3.8) is 0 Å². The number of aryl methyl sites for hydroxylation is 3. The van der Waals surface area contributed by atoms with Gasteiger partial charge in [0.05, 0.1) is 0 Å². The molecule has 0 amide bonds. The Morgan fingerprint density at radius 2 is 1.75 bits per heavy atom. The van der Waals surface area contributed by atoms with Crippen LogP contribution in [0.3, 0.4) is 0 Å². The van der Waals surface area contributed by atoms with Gasteiger partial charge in [0.2, 0.25) is 0 Å². The smallest absolute Gasteiger partial charge is 0.0464 e. The van der Waals surface area contributed by atoms with E-state index in [1.165, 1.54) is 5.56 Å². The molecule has 1 rings (SSSR count). The maximum atomic E-state index is 6.03. The third kappa shape index (κ3) is 2.18. The van der Waals surface area contributed by atoms with Crippen molar-refractivity contribution >= 4 is 24.2 Å². The first kappa shape index (κ1) is 9.94. The van der Waals surface area contributed by atoms with Crippen LogP contribution in [0.1, 0.15) is 16.7 Å². The van der Waals surface area contributed by atoms with Crippen LogP contribution in [0.2, 0.25) is 5.02 Å². The van der Waals surface area contributed by atoms with Gasteiger partial charge >= 0.3 is 0 Å². The molecule has 0 bridgehead atoms. The van der Waals surface area contributed by atoms with Gasteiger partial charge in [0.1, 0.15) is 0 Å². The Morgan fingerprint density at radius 3 is 2.17 bits per heavy atom. The Hall–Kier alpha value is -0.140. The fourth-order valence-electron chi connectivity index (χ4n) is 1.31. The summed E-state index contributed by atoms with van der Waals surface area (Å²) in [4.78, 5) is 0. The number of thiol groups is 1. The van der Waals surface area contributed by atoms with Crippen LogP contribution in [0.5, 0.6) is 0 Å². The first-order valence-electron chi connectivity index (χ1n) is 4.01. The van der Waals surface area contributed by atoms with Crippen LogP contribution in [0.25, 0.3) is 0 Å². The van der Waals surface area contributed by atoms with Crippen LogP contribution in [0.15, 0.2) is 12.1 Å². The molecule has 0 saturated carbocycles. The average Bonchev–Trinajstić information content (AvgIpc) is 2.01. The first-order chi connectivity index (χ1) is 5.65. The van der Waals surface area contributed by atoms with E-state index in [1.54, 1.807) is 0 Å². The Morgan fingerprint density at radius 1 is 1.25 bits per heavy atom. The highest BCUT2D eigenvalue weighted by molar-refractivity contribution is 7.80. The summed E-state index contributed by atoms with van der Waals surface area (Å²) >= 11 is 10.2. The molecule has 0 heterocycles. The van der Waals surface area contributed by atoms with Gasteiger partial charge in [-0.3, -0.25) is 0 Å². The third-order valence-corrected chi connectivity index (χ3v) is 2.72. The maximum Gasteiger partial charge on any atom is 0.0464 e. The van der Waals surface area contributed by atoms with E-state index >= 15 is 0 Å². The summed E-state index contributed by atoms with van der Waals surface area (Å²) in [6, 6.07) is 4.26. The van der Waals surface area contributed by atoms with Crippen LogP contribution >= 0.6 is 24.2 Å². The molecule has 1 aromatic carbocycles. The predicted octanol–water partition coefficient (Wildman–Crippen LogP) is 3.43. The minimum absolute atomic E-state index is 0.887. The van der Waals surface area contributed by atoms with E-state index < -0.39 is 0 Å². The Kier molecular flexibility index (Phi) is 3.48. The zero-order valence-electron chi connectivity index (χ0n) is 7.39. The predicted molar refractivity (Wildman–Crippen MR) is 58.5 cm³/mol. The molecule has 0 N–H and O–H groups in total. The van der Waals surface area contributed by atoms with Gasteiger partial charge in [0.25, 0.3) is 0 Å². The first-order valence-corrected chi connectivity index (χ1v) is 5.02. The van der Waals surface area contributed by atoms with Crippen molar-refractivity contribution in [3.8, 4) is 0 Å². The minimum Gasteiger partial charge on any atom is -0.179 e. The molecule has 0 radical (unpaired) electrons. The lowest BCUT2D eigenvalue weighted by atomic mass is 10.1. The third-order valence-electron chi connectivity index (χ3n) is 1.90. The van der Waals surface area contributed by atoms with Crippen molar-refractivity contribution in [1.29, 1.82) is 0 Å². The number of hydrogen-bond donors (Lipinski definition) is 1. The number of benzene rings is 1. The summed E-state index contributed by atoms with van der Waals surface area (Å²) in [6.45, 7) is 4.08. The lowest BCUT2D eigenvalue weighted by molar-refractivity contribution is 1.14. The van der Waals surface area contributed by atoms with E-state index in [9.17, 15) is 0 Å². The molecule has 0 aliphatic heterocycles. The Balaban J connectivity index is 3.04. The standard InChI is InChI=1S/C10H13ClS/c1-7-5-9(3-4-12)6-8(2)10(7)11/h5-6,12H,3-4H2,1-2H3. The summed E-state index contributed by atoms with van der Waals surface area (Å²) in [7, 11) is 0. The molecule has 1 aromatic rings. The van der Waals surface area contributed by atoms with E-state index in [0.717, 1.165) is 28.3 Å².